The van der Waals surface area contributed by atoms with E-state index in [4.69, 9.17) is 5.11 Å². The van der Waals surface area contributed by atoms with Crippen LogP contribution in [0.15, 0.2) is 0 Å². The Hall–Kier alpha value is -1.32. The van der Waals surface area contributed by atoms with Crippen LogP contribution in [0.2, 0.25) is 0 Å². The molecule has 1 N–H and O–H groups in total. The van der Waals surface area contributed by atoms with Crippen molar-refractivity contribution in [3.63, 3.8) is 0 Å². The first-order chi connectivity index (χ1) is 10.1. The Balaban J connectivity index is 2.28. The second-order valence-electron chi connectivity index (χ2n) is 5.92. The number of aryl methyl sites for hydroxylation is 2. The lowest BCUT2D eigenvalue weighted by Crippen LogP contribution is -2.05. The van der Waals surface area contributed by atoms with Crippen molar-refractivity contribution in [3.8, 4) is 0 Å². The van der Waals surface area contributed by atoms with E-state index in [9.17, 15) is 4.79 Å². The van der Waals surface area contributed by atoms with Crippen molar-refractivity contribution >= 4 is 5.97 Å². The van der Waals surface area contributed by atoms with Crippen molar-refractivity contribution in [1.29, 1.82) is 0 Å². The predicted molar refractivity (Wildman–Crippen MR) is 85.7 cm³/mol. The minimum atomic E-state index is -0.784. The lowest BCUT2D eigenvalue weighted by molar-refractivity contribution is -0.136. The van der Waals surface area contributed by atoms with Crippen molar-refractivity contribution in [1.82, 2.24) is 9.78 Å². The molecule has 0 bridgehead atoms. The summed E-state index contributed by atoms with van der Waals surface area (Å²) in [7, 11) is 0. The number of unbranched alkanes of at least 4 members (excludes halogenated alkanes) is 7. The highest BCUT2D eigenvalue weighted by Crippen LogP contribution is 2.15. The van der Waals surface area contributed by atoms with Gasteiger partial charge in [0.1, 0.15) is 0 Å². The van der Waals surface area contributed by atoms with Gasteiger partial charge in [-0.15, -0.1) is 0 Å². The Morgan fingerprint density at radius 3 is 2.19 bits per heavy atom. The van der Waals surface area contributed by atoms with Gasteiger partial charge < -0.3 is 5.11 Å². The molecule has 0 saturated carbocycles. The van der Waals surface area contributed by atoms with Gasteiger partial charge in [-0.05, 0) is 20.3 Å². The van der Waals surface area contributed by atoms with E-state index in [0.717, 1.165) is 29.9 Å². The Labute approximate surface area is 128 Å². The number of aromatic nitrogens is 2. The molecule has 0 aromatic carbocycles. The lowest BCUT2D eigenvalue weighted by atomic mass is 10.1. The summed E-state index contributed by atoms with van der Waals surface area (Å²) >= 11 is 0. The van der Waals surface area contributed by atoms with Crippen LogP contribution in [0.1, 0.15) is 75.2 Å². The minimum Gasteiger partial charge on any atom is -0.481 e. The molecule has 1 aromatic heterocycles. The van der Waals surface area contributed by atoms with Crippen LogP contribution >= 0.6 is 0 Å². The van der Waals surface area contributed by atoms with Crippen LogP contribution in [0, 0.1) is 13.8 Å². The Morgan fingerprint density at radius 1 is 1.05 bits per heavy atom. The number of nitrogens with zero attached hydrogens (tertiary/aromatic N) is 2. The maximum absolute atomic E-state index is 10.9. The summed E-state index contributed by atoms with van der Waals surface area (Å²) in [6, 6.07) is 0. The summed E-state index contributed by atoms with van der Waals surface area (Å²) < 4.78 is 1.98. The lowest BCUT2D eigenvalue weighted by Gasteiger charge is -2.05. The quantitative estimate of drug-likeness (QED) is 0.620. The molecule has 0 unspecified atom stereocenters. The minimum absolute atomic E-state index is 0.0785. The molecule has 0 amide bonds. The Kier molecular flexibility index (Phi) is 8.09. The maximum Gasteiger partial charge on any atom is 0.307 e. The molecule has 0 spiro atoms. The molecule has 0 aliphatic rings. The van der Waals surface area contributed by atoms with Crippen LogP contribution in [-0.4, -0.2) is 20.9 Å². The van der Waals surface area contributed by atoms with Crippen molar-refractivity contribution < 1.29 is 9.90 Å². The summed E-state index contributed by atoms with van der Waals surface area (Å²) in [5.41, 5.74) is 2.74. The van der Waals surface area contributed by atoms with Crippen LogP contribution in [-0.2, 0) is 17.8 Å². The number of aliphatic carboxylic acids is 1. The van der Waals surface area contributed by atoms with Gasteiger partial charge in [-0.1, -0.05) is 51.9 Å². The van der Waals surface area contributed by atoms with Crippen molar-refractivity contribution in [2.45, 2.75) is 85.1 Å². The molecule has 4 nitrogen and oxygen atoms in total. The molecule has 0 atom stereocenters. The first-order valence-corrected chi connectivity index (χ1v) is 8.31. The van der Waals surface area contributed by atoms with E-state index >= 15 is 0 Å². The molecule has 4 heteroatoms. The zero-order valence-electron chi connectivity index (χ0n) is 13.8. The van der Waals surface area contributed by atoms with E-state index in [1.807, 2.05) is 18.5 Å². The Bertz CT molecular complexity index is 438. The van der Waals surface area contributed by atoms with Crippen LogP contribution in [0.5, 0.6) is 0 Å². The number of carboxylic acids is 1. The zero-order chi connectivity index (χ0) is 15.7. The molecule has 1 heterocycles. The summed E-state index contributed by atoms with van der Waals surface area (Å²) in [4.78, 5) is 10.9. The molecule has 21 heavy (non-hydrogen) atoms. The molecule has 0 radical (unpaired) electrons. The fraction of sp³-hybridized carbons (Fsp3) is 0.765. The molecule has 0 aliphatic carbocycles. The normalized spacial score (nSPS) is 11.0. The molecule has 1 rings (SSSR count). The SMILES string of the molecule is CCCCCCCCCCn1nc(C)c(CC(=O)O)c1C. The second kappa shape index (κ2) is 9.59. The summed E-state index contributed by atoms with van der Waals surface area (Å²) in [6.45, 7) is 7.02. The van der Waals surface area contributed by atoms with Crippen LogP contribution in [0.3, 0.4) is 0 Å². The number of carboxylic acid groups (broad SMARTS) is 1. The monoisotopic (exact) mass is 294 g/mol. The molecule has 0 fully saturated rings. The van der Waals surface area contributed by atoms with Crippen molar-refractivity contribution in [2.75, 3.05) is 0 Å². The van der Waals surface area contributed by atoms with Gasteiger partial charge in [-0.2, -0.15) is 5.10 Å². The first kappa shape index (κ1) is 17.7. The number of hydrogen-bond donors (Lipinski definition) is 1. The third kappa shape index (κ3) is 6.32. The highest BCUT2D eigenvalue weighted by atomic mass is 16.4. The van der Waals surface area contributed by atoms with E-state index in [1.165, 1.54) is 44.9 Å². The number of hydrogen-bond acceptors (Lipinski definition) is 2. The number of carbonyl (C=O) groups is 1. The zero-order valence-corrected chi connectivity index (χ0v) is 13.8. The Morgan fingerprint density at radius 2 is 1.62 bits per heavy atom. The predicted octanol–water partition coefficient (Wildman–Crippen LogP) is 4.27. The van der Waals surface area contributed by atoms with E-state index < -0.39 is 5.97 Å². The summed E-state index contributed by atoms with van der Waals surface area (Å²) in [6.07, 6.45) is 10.5. The third-order valence-corrected chi connectivity index (χ3v) is 4.08. The second-order valence-corrected chi connectivity index (χ2v) is 5.92. The van der Waals surface area contributed by atoms with Gasteiger partial charge in [0.15, 0.2) is 0 Å². The van der Waals surface area contributed by atoms with E-state index in [0.29, 0.717) is 0 Å². The van der Waals surface area contributed by atoms with Gasteiger partial charge >= 0.3 is 5.97 Å². The van der Waals surface area contributed by atoms with E-state index in [-0.39, 0.29) is 6.42 Å². The highest BCUT2D eigenvalue weighted by Gasteiger charge is 2.13. The smallest absolute Gasteiger partial charge is 0.307 e. The van der Waals surface area contributed by atoms with Crippen molar-refractivity contribution in [3.05, 3.63) is 17.0 Å². The average Bonchev–Trinajstić information content (AvgIpc) is 2.69. The summed E-state index contributed by atoms with van der Waals surface area (Å²) in [5.74, 6) is -0.784. The molecule has 1 aromatic rings. The van der Waals surface area contributed by atoms with E-state index in [1.54, 1.807) is 0 Å². The van der Waals surface area contributed by atoms with Crippen LogP contribution in [0.25, 0.3) is 0 Å². The fourth-order valence-corrected chi connectivity index (χ4v) is 2.75. The molecule has 120 valence electrons. The van der Waals surface area contributed by atoms with Gasteiger partial charge in [-0.25, -0.2) is 0 Å². The van der Waals surface area contributed by atoms with E-state index in [2.05, 4.69) is 12.0 Å². The summed E-state index contributed by atoms with van der Waals surface area (Å²) in [5, 5.41) is 13.4. The van der Waals surface area contributed by atoms with Gasteiger partial charge in [0, 0.05) is 17.8 Å². The molecule has 0 saturated heterocycles. The van der Waals surface area contributed by atoms with Crippen molar-refractivity contribution in [2.24, 2.45) is 0 Å². The van der Waals surface area contributed by atoms with Gasteiger partial charge in [0.05, 0.1) is 12.1 Å². The fourth-order valence-electron chi connectivity index (χ4n) is 2.75. The largest absolute Gasteiger partial charge is 0.481 e. The maximum atomic E-state index is 10.9. The molecular formula is C17H30N2O2. The van der Waals surface area contributed by atoms with Gasteiger partial charge in [-0.3, -0.25) is 9.48 Å². The highest BCUT2D eigenvalue weighted by molar-refractivity contribution is 5.70. The average molecular weight is 294 g/mol. The standard InChI is InChI=1S/C17H30N2O2/c1-4-5-6-7-8-9-10-11-12-19-15(3)16(13-17(20)21)14(2)18-19/h4-13H2,1-3H3,(H,20,21). The number of rotatable bonds is 11. The van der Waals surface area contributed by atoms with Gasteiger partial charge in [0.2, 0.25) is 0 Å². The molecule has 0 aliphatic heterocycles. The molecular weight excluding hydrogens is 264 g/mol. The first-order valence-electron chi connectivity index (χ1n) is 8.31. The van der Waals surface area contributed by atoms with Crippen LogP contribution in [0.4, 0.5) is 0 Å². The topological polar surface area (TPSA) is 55.1 Å². The third-order valence-electron chi connectivity index (χ3n) is 4.08. The van der Waals surface area contributed by atoms with Crippen LogP contribution < -0.4 is 0 Å². The van der Waals surface area contributed by atoms with Gasteiger partial charge in [0.25, 0.3) is 0 Å².